The van der Waals surface area contributed by atoms with E-state index >= 15 is 0 Å². The Kier molecular flexibility index (Phi) is 6.77. The standard InChI is InChI=1S/C25H19Cl2N5O3S/c1-3-22-29-30-25-32(22)31-24(36-25)14-4-7-21(34-2)19(12-14)28-23(33)9-6-18-5-8-20(35-18)15-10-16(26)13-17(27)11-15/h4-13H,3H2,1-2H3,(H,28,33)/b9-6+. The molecule has 0 saturated carbocycles. The lowest BCUT2D eigenvalue weighted by Gasteiger charge is -2.10. The van der Waals surface area contributed by atoms with E-state index in [1.54, 1.807) is 54.1 Å². The molecule has 2 aromatic carbocycles. The molecule has 0 saturated heterocycles. The van der Waals surface area contributed by atoms with E-state index in [4.69, 9.17) is 32.4 Å². The van der Waals surface area contributed by atoms with E-state index in [-0.39, 0.29) is 5.91 Å². The van der Waals surface area contributed by atoms with Crippen molar-refractivity contribution in [2.75, 3.05) is 12.4 Å². The second kappa shape index (κ2) is 10.1. The van der Waals surface area contributed by atoms with Gasteiger partial charge in [0.15, 0.2) is 5.82 Å². The number of ether oxygens (including phenoxy) is 1. The second-order valence-corrected chi connectivity index (χ2v) is 9.50. The average molecular weight is 540 g/mol. The van der Waals surface area contributed by atoms with E-state index in [0.29, 0.717) is 38.0 Å². The monoisotopic (exact) mass is 539 g/mol. The van der Waals surface area contributed by atoms with Crippen molar-refractivity contribution in [3.63, 3.8) is 0 Å². The molecule has 0 unspecified atom stereocenters. The summed E-state index contributed by atoms with van der Waals surface area (Å²) >= 11 is 13.6. The summed E-state index contributed by atoms with van der Waals surface area (Å²) in [6.45, 7) is 2.00. The smallest absolute Gasteiger partial charge is 0.248 e. The molecule has 36 heavy (non-hydrogen) atoms. The highest BCUT2D eigenvalue weighted by atomic mass is 35.5. The fourth-order valence-corrected chi connectivity index (χ4v) is 4.94. The highest BCUT2D eigenvalue weighted by Crippen LogP contribution is 2.33. The van der Waals surface area contributed by atoms with Crippen LogP contribution >= 0.6 is 34.5 Å². The number of halogens is 2. The number of anilines is 1. The van der Waals surface area contributed by atoms with Gasteiger partial charge in [0.1, 0.15) is 22.3 Å². The molecule has 11 heteroatoms. The lowest BCUT2D eigenvalue weighted by molar-refractivity contribution is -0.111. The van der Waals surface area contributed by atoms with Gasteiger partial charge in [-0.05, 0) is 54.6 Å². The zero-order valence-corrected chi connectivity index (χ0v) is 21.5. The molecule has 0 aliphatic carbocycles. The maximum absolute atomic E-state index is 12.7. The molecule has 0 bridgehead atoms. The van der Waals surface area contributed by atoms with Crippen LogP contribution < -0.4 is 10.1 Å². The summed E-state index contributed by atoms with van der Waals surface area (Å²) in [6.07, 6.45) is 3.69. The van der Waals surface area contributed by atoms with Crippen molar-refractivity contribution < 1.29 is 13.9 Å². The van der Waals surface area contributed by atoms with E-state index in [1.807, 2.05) is 19.1 Å². The Bertz CT molecular complexity index is 1580. The minimum absolute atomic E-state index is 0.347. The largest absolute Gasteiger partial charge is 0.495 e. The topological polar surface area (TPSA) is 94.6 Å². The maximum Gasteiger partial charge on any atom is 0.248 e. The van der Waals surface area contributed by atoms with Gasteiger partial charge in [0.05, 0.1) is 12.8 Å². The number of aromatic nitrogens is 4. The van der Waals surface area contributed by atoms with Gasteiger partial charge in [-0.25, -0.2) is 0 Å². The molecule has 3 heterocycles. The molecule has 5 rings (SSSR count). The number of furan rings is 1. The molecule has 8 nitrogen and oxygen atoms in total. The van der Waals surface area contributed by atoms with Gasteiger partial charge < -0.3 is 14.5 Å². The van der Waals surface area contributed by atoms with Gasteiger partial charge in [-0.15, -0.1) is 10.2 Å². The van der Waals surface area contributed by atoms with Crippen molar-refractivity contribution in [3.05, 3.63) is 76.2 Å². The maximum atomic E-state index is 12.7. The minimum atomic E-state index is -0.347. The molecule has 0 spiro atoms. The van der Waals surface area contributed by atoms with Crippen molar-refractivity contribution in [2.24, 2.45) is 0 Å². The number of aryl methyl sites for hydroxylation is 1. The fourth-order valence-electron chi connectivity index (χ4n) is 3.56. The summed E-state index contributed by atoms with van der Waals surface area (Å²) in [7, 11) is 1.55. The second-order valence-electron chi connectivity index (χ2n) is 7.67. The number of carbonyl (C=O) groups excluding carboxylic acids is 1. The Morgan fingerprint density at radius 3 is 2.67 bits per heavy atom. The van der Waals surface area contributed by atoms with Crippen LogP contribution in [0.25, 0.3) is 32.9 Å². The molecule has 0 atom stereocenters. The first-order valence-electron chi connectivity index (χ1n) is 10.9. The molecule has 0 aliphatic rings. The number of nitrogens with zero attached hydrogens (tertiary/aromatic N) is 4. The molecular weight excluding hydrogens is 521 g/mol. The lowest BCUT2D eigenvalue weighted by Crippen LogP contribution is -2.09. The summed E-state index contributed by atoms with van der Waals surface area (Å²) in [5.74, 6) is 2.06. The highest BCUT2D eigenvalue weighted by molar-refractivity contribution is 7.19. The number of amides is 1. The van der Waals surface area contributed by atoms with Gasteiger partial charge in [0.2, 0.25) is 10.9 Å². The fraction of sp³-hybridized carbons (Fsp3) is 0.120. The molecule has 5 aromatic rings. The Hall–Kier alpha value is -3.66. The molecule has 1 N–H and O–H groups in total. The third kappa shape index (κ3) is 4.99. The molecule has 0 fully saturated rings. The quantitative estimate of drug-likeness (QED) is 0.233. The van der Waals surface area contributed by atoms with Gasteiger partial charge in [-0.3, -0.25) is 4.79 Å². The van der Waals surface area contributed by atoms with E-state index in [1.165, 1.54) is 17.4 Å². The van der Waals surface area contributed by atoms with Gasteiger partial charge in [0, 0.05) is 33.7 Å². The Balaban J connectivity index is 1.34. The van der Waals surface area contributed by atoms with E-state index in [0.717, 1.165) is 28.4 Å². The Labute approximate surface area is 220 Å². The molecule has 0 radical (unpaired) electrons. The zero-order valence-electron chi connectivity index (χ0n) is 19.2. The number of rotatable bonds is 7. The third-order valence-electron chi connectivity index (χ3n) is 5.25. The highest BCUT2D eigenvalue weighted by Gasteiger charge is 2.15. The summed E-state index contributed by atoms with van der Waals surface area (Å²) in [4.78, 5) is 13.4. The van der Waals surface area contributed by atoms with Crippen LogP contribution in [0.2, 0.25) is 10.0 Å². The molecule has 1 amide bonds. The van der Waals surface area contributed by atoms with Crippen molar-refractivity contribution in [2.45, 2.75) is 13.3 Å². The predicted octanol–water partition coefficient (Wildman–Crippen LogP) is 6.64. The predicted molar refractivity (Wildman–Crippen MR) is 142 cm³/mol. The van der Waals surface area contributed by atoms with Crippen LogP contribution in [-0.2, 0) is 11.2 Å². The van der Waals surface area contributed by atoms with Crippen LogP contribution in [0.3, 0.4) is 0 Å². The first kappa shape index (κ1) is 24.1. The number of hydrogen-bond donors (Lipinski definition) is 1. The summed E-state index contributed by atoms with van der Waals surface area (Å²) < 4.78 is 13.0. The number of methoxy groups -OCH3 is 1. The number of benzene rings is 2. The van der Waals surface area contributed by atoms with Gasteiger partial charge in [0.25, 0.3) is 0 Å². The van der Waals surface area contributed by atoms with Crippen molar-refractivity contribution in [1.82, 2.24) is 19.8 Å². The van der Waals surface area contributed by atoms with Crippen LogP contribution in [0.15, 0.2) is 59.0 Å². The molecule has 0 aliphatic heterocycles. The number of hydrogen-bond acceptors (Lipinski definition) is 7. The van der Waals surface area contributed by atoms with E-state index in [9.17, 15) is 4.79 Å². The van der Waals surface area contributed by atoms with Gasteiger partial charge in [-0.2, -0.15) is 9.61 Å². The third-order valence-corrected chi connectivity index (χ3v) is 6.63. The van der Waals surface area contributed by atoms with E-state index < -0.39 is 0 Å². The summed E-state index contributed by atoms with van der Waals surface area (Å²) in [6, 6.07) is 14.2. The minimum Gasteiger partial charge on any atom is -0.495 e. The Morgan fingerprint density at radius 1 is 1.11 bits per heavy atom. The van der Waals surface area contributed by atoms with Crippen molar-refractivity contribution >= 4 is 57.2 Å². The van der Waals surface area contributed by atoms with Crippen LogP contribution in [0, 0.1) is 0 Å². The van der Waals surface area contributed by atoms with Crippen LogP contribution in [0.1, 0.15) is 18.5 Å². The average Bonchev–Trinajstić information content (AvgIpc) is 3.58. The van der Waals surface area contributed by atoms with Gasteiger partial charge >= 0.3 is 0 Å². The van der Waals surface area contributed by atoms with Crippen LogP contribution in [0.4, 0.5) is 5.69 Å². The van der Waals surface area contributed by atoms with Crippen LogP contribution in [-0.4, -0.2) is 32.8 Å². The Morgan fingerprint density at radius 2 is 1.92 bits per heavy atom. The van der Waals surface area contributed by atoms with Gasteiger partial charge in [-0.1, -0.05) is 41.5 Å². The molecule has 3 aromatic heterocycles. The summed E-state index contributed by atoms with van der Waals surface area (Å²) in [5.41, 5.74) is 2.08. The summed E-state index contributed by atoms with van der Waals surface area (Å²) in [5, 5.41) is 17.5. The number of nitrogens with one attached hydrogen (secondary N) is 1. The normalized spacial score (nSPS) is 11.4. The first-order valence-corrected chi connectivity index (χ1v) is 12.5. The first-order chi connectivity index (χ1) is 17.4. The SMILES string of the molecule is CCc1nnc2sc(-c3ccc(OC)c(NC(=O)/C=C/c4ccc(-c5cc(Cl)cc(Cl)c5)o4)c3)nn12. The molecular formula is C25H19Cl2N5O3S. The van der Waals surface area contributed by atoms with E-state index in [2.05, 4.69) is 20.6 Å². The number of fused-ring (bicyclic) bond motifs is 1. The number of carbonyl (C=O) groups is 1. The zero-order chi connectivity index (χ0) is 25.2. The molecule has 182 valence electrons. The van der Waals surface area contributed by atoms with Crippen molar-refractivity contribution in [1.29, 1.82) is 0 Å². The lowest BCUT2D eigenvalue weighted by atomic mass is 10.2. The van der Waals surface area contributed by atoms with Crippen LogP contribution in [0.5, 0.6) is 5.75 Å². The van der Waals surface area contributed by atoms with Crippen molar-refractivity contribution in [3.8, 4) is 27.6 Å².